The molecule has 0 radical (unpaired) electrons. The molecule has 0 spiro atoms. The van der Waals surface area contributed by atoms with Crippen LogP contribution in [0, 0.1) is 6.92 Å². The summed E-state index contributed by atoms with van der Waals surface area (Å²) in [4.78, 5) is 4.35. The zero-order valence-corrected chi connectivity index (χ0v) is 16.2. The van der Waals surface area contributed by atoms with E-state index in [-0.39, 0.29) is 12.1 Å². The molecule has 2 unspecified atom stereocenters. The summed E-state index contributed by atoms with van der Waals surface area (Å²) in [5.74, 6) is 1.44. The lowest BCUT2D eigenvalue weighted by Crippen LogP contribution is -2.32. The van der Waals surface area contributed by atoms with Crippen molar-refractivity contribution >= 4 is 11.6 Å². The summed E-state index contributed by atoms with van der Waals surface area (Å²) in [6.07, 6.45) is 3.35. The van der Waals surface area contributed by atoms with E-state index in [9.17, 15) is 0 Å². The van der Waals surface area contributed by atoms with Crippen molar-refractivity contribution in [1.82, 2.24) is 25.2 Å². The molecule has 2 aliphatic heterocycles. The Morgan fingerprint density at radius 3 is 2.73 bits per heavy atom. The maximum absolute atomic E-state index is 6.61. The van der Waals surface area contributed by atoms with Gasteiger partial charge < -0.3 is 10.1 Å². The van der Waals surface area contributed by atoms with Crippen LogP contribution in [0.2, 0.25) is 0 Å². The van der Waals surface area contributed by atoms with Gasteiger partial charge in [-0.3, -0.25) is 4.98 Å². The summed E-state index contributed by atoms with van der Waals surface area (Å²) >= 11 is 0. The van der Waals surface area contributed by atoms with E-state index in [1.807, 2.05) is 42.6 Å². The average Bonchev–Trinajstić information content (AvgIpc) is 3.26. The van der Waals surface area contributed by atoms with Crippen molar-refractivity contribution in [3.05, 3.63) is 101 Å². The first-order valence-electron chi connectivity index (χ1n) is 9.82. The first-order chi connectivity index (χ1) is 14.8. The van der Waals surface area contributed by atoms with Crippen molar-refractivity contribution in [2.45, 2.75) is 19.1 Å². The fourth-order valence-electron chi connectivity index (χ4n) is 4.34. The summed E-state index contributed by atoms with van der Waals surface area (Å²) in [6.45, 7) is 2.11. The van der Waals surface area contributed by atoms with Crippen molar-refractivity contribution in [2.24, 2.45) is 0 Å². The number of tetrazole rings is 1. The standard InChI is InChI=1S/C23H18N6O/c1-14-7-2-3-9-16(14)22-19-20(17-10-4-5-11-18(17)30-22)25-23-26-27-28-29(23)21(19)15-8-6-12-24-13-15/h2-13,21-22H,1H3,(H,25,26,28). The van der Waals surface area contributed by atoms with E-state index in [2.05, 4.69) is 57.0 Å². The molecule has 1 N–H and O–H groups in total. The van der Waals surface area contributed by atoms with Gasteiger partial charge in [0.2, 0.25) is 5.95 Å². The van der Waals surface area contributed by atoms with Crippen molar-refractivity contribution in [3.8, 4) is 5.75 Å². The van der Waals surface area contributed by atoms with E-state index >= 15 is 0 Å². The minimum Gasteiger partial charge on any atom is -0.480 e. The molecule has 0 bridgehead atoms. The molecule has 30 heavy (non-hydrogen) atoms. The maximum atomic E-state index is 6.61. The Morgan fingerprint density at radius 1 is 1.00 bits per heavy atom. The van der Waals surface area contributed by atoms with Crippen molar-refractivity contribution < 1.29 is 4.74 Å². The highest BCUT2D eigenvalue weighted by atomic mass is 16.5. The van der Waals surface area contributed by atoms with Gasteiger partial charge in [0.15, 0.2) is 0 Å². The smallest absolute Gasteiger partial charge is 0.248 e. The van der Waals surface area contributed by atoms with Crippen molar-refractivity contribution in [1.29, 1.82) is 0 Å². The quantitative estimate of drug-likeness (QED) is 0.555. The predicted octanol–water partition coefficient (Wildman–Crippen LogP) is 3.94. The first kappa shape index (κ1) is 16.9. The van der Waals surface area contributed by atoms with E-state index in [1.54, 1.807) is 10.9 Å². The molecule has 0 saturated carbocycles. The molecule has 4 heterocycles. The third kappa shape index (κ3) is 2.45. The molecule has 0 saturated heterocycles. The molecule has 0 fully saturated rings. The number of rotatable bonds is 2. The summed E-state index contributed by atoms with van der Waals surface area (Å²) in [5.41, 5.74) is 6.34. The van der Waals surface area contributed by atoms with Crippen LogP contribution in [0.3, 0.4) is 0 Å². The van der Waals surface area contributed by atoms with E-state index in [0.717, 1.165) is 33.7 Å². The van der Waals surface area contributed by atoms with Crippen LogP contribution in [0.25, 0.3) is 5.70 Å². The van der Waals surface area contributed by atoms with Gasteiger partial charge in [-0.25, -0.2) is 0 Å². The van der Waals surface area contributed by atoms with Crippen LogP contribution in [0.5, 0.6) is 5.75 Å². The second-order valence-electron chi connectivity index (χ2n) is 7.44. The lowest BCUT2D eigenvalue weighted by Gasteiger charge is -2.38. The Kier molecular flexibility index (Phi) is 3.67. The number of para-hydroxylation sites is 1. The number of pyridine rings is 1. The van der Waals surface area contributed by atoms with Crippen molar-refractivity contribution in [2.75, 3.05) is 5.32 Å². The molecule has 7 heteroatoms. The van der Waals surface area contributed by atoms with Crippen LogP contribution in [0.1, 0.15) is 34.4 Å². The fraction of sp³-hybridized carbons (Fsp3) is 0.130. The summed E-state index contributed by atoms with van der Waals surface area (Å²) in [7, 11) is 0. The lowest BCUT2D eigenvalue weighted by atomic mass is 9.84. The Bertz CT molecular complexity index is 1280. The number of hydrogen-bond donors (Lipinski definition) is 1. The van der Waals surface area contributed by atoms with Crippen LogP contribution in [0.4, 0.5) is 5.95 Å². The number of ether oxygens (including phenoxy) is 1. The maximum Gasteiger partial charge on any atom is 0.248 e. The number of hydrogen-bond acceptors (Lipinski definition) is 6. The highest BCUT2D eigenvalue weighted by molar-refractivity contribution is 5.85. The molecule has 6 rings (SSSR count). The minimum absolute atomic E-state index is 0.238. The number of benzene rings is 2. The molecule has 0 aliphatic carbocycles. The minimum atomic E-state index is -0.286. The van der Waals surface area contributed by atoms with E-state index in [1.165, 1.54) is 5.56 Å². The van der Waals surface area contributed by atoms with Gasteiger partial charge in [-0.15, -0.1) is 0 Å². The molecule has 7 nitrogen and oxygen atoms in total. The van der Waals surface area contributed by atoms with Gasteiger partial charge in [0.05, 0.1) is 5.70 Å². The molecule has 2 aromatic carbocycles. The number of aromatic nitrogens is 5. The Labute approximate surface area is 173 Å². The van der Waals surface area contributed by atoms with E-state index < -0.39 is 0 Å². The molecule has 2 atom stereocenters. The van der Waals surface area contributed by atoms with E-state index in [4.69, 9.17) is 4.74 Å². The third-order valence-electron chi connectivity index (χ3n) is 5.71. The van der Waals surface area contributed by atoms with Gasteiger partial charge in [-0.05, 0) is 52.2 Å². The van der Waals surface area contributed by atoms with Crippen LogP contribution in [-0.2, 0) is 0 Å². The number of nitrogens with one attached hydrogen (secondary N) is 1. The topological polar surface area (TPSA) is 77.8 Å². The molecular weight excluding hydrogens is 376 g/mol. The SMILES string of the molecule is Cc1ccccc1C1Oc2ccccc2C2=C1C(c1cccnc1)n1nnnc1N2. The average molecular weight is 394 g/mol. The Hall–Kier alpha value is -4.00. The molecule has 2 aromatic heterocycles. The zero-order valence-electron chi connectivity index (χ0n) is 16.2. The number of nitrogens with zero attached hydrogens (tertiary/aromatic N) is 5. The number of fused-ring (bicyclic) bond motifs is 3. The van der Waals surface area contributed by atoms with Gasteiger partial charge in [0, 0.05) is 23.5 Å². The second-order valence-corrected chi connectivity index (χ2v) is 7.44. The normalized spacial score (nSPS) is 19.2. The molecule has 4 aromatic rings. The number of aryl methyl sites for hydroxylation is 1. The second kappa shape index (κ2) is 6.52. The van der Waals surface area contributed by atoms with Crippen LogP contribution >= 0.6 is 0 Å². The molecule has 0 amide bonds. The van der Waals surface area contributed by atoms with Gasteiger partial charge in [-0.1, -0.05) is 47.6 Å². The van der Waals surface area contributed by atoms with Gasteiger partial charge in [0.25, 0.3) is 0 Å². The summed E-state index contributed by atoms with van der Waals surface area (Å²) < 4.78 is 8.42. The molecule has 146 valence electrons. The van der Waals surface area contributed by atoms with Crippen LogP contribution < -0.4 is 10.1 Å². The Balaban J connectivity index is 1.66. The van der Waals surface area contributed by atoms with Crippen molar-refractivity contribution in [3.63, 3.8) is 0 Å². The third-order valence-corrected chi connectivity index (χ3v) is 5.71. The highest BCUT2D eigenvalue weighted by Crippen LogP contribution is 2.50. The van der Waals surface area contributed by atoms with E-state index in [0.29, 0.717) is 5.95 Å². The van der Waals surface area contributed by atoms with Gasteiger partial charge in [0.1, 0.15) is 17.9 Å². The van der Waals surface area contributed by atoms with Crippen LogP contribution in [0.15, 0.2) is 78.6 Å². The van der Waals surface area contributed by atoms with Gasteiger partial charge >= 0.3 is 0 Å². The predicted molar refractivity (Wildman–Crippen MR) is 112 cm³/mol. The number of anilines is 1. The molecular formula is C23H18N6O. The summed E-state index contributed by atoms with van der Waals surface area (Å²) in [5, 5.41) is 15.9. The van der Waals surface area contributed by atoms with Crippen LogP contribution in [-0.4, -0.2) is 25.2 Å². The highest BCUT2D eigenvalue weighted by Gasteiger charge is 2.41. The first-order valence-corrected chi connectivity index (χ1v) is 9.82. The zero-order chi connectivity index (χ0) is 20.1. The summed E-state index contributed by atoms with van der Waals surface area (Å²) in [6, 6.07) is 20.1. The van der Waals surface area contributed by atoms with Gasteiger partial charge in [-0.2, -0.15) is 4.68 Å². The largest absolute Gasteiger partial charge is 0.480 e. The fourth-order valence-corrected chi connectivity index (χ4v) is 4.34. The molecule has 2 aliphatic rings. The lowest BCUT2D eigenvalue weighted by molar-refractivity contribution is 0.222. The Morgan fingerprint density at radius 2 is 1.87 bits per heavy atom. The monoisotopic (exact) mass is 394 g/mol.